The van der Waals surface area contributed by atoms with E-state index < -0.39 is 16.0 Å². The lowest BCUT2D eigenvalue weighted by molar-refractivity contribution is -0.115. The van der Waals surface area contributed by atoms with Crippen LogP contribution in [0.15, 0.2) is 58.8 Å². The number of nitrogens with one attached hydrogen (secondary N) is 1. The Hall–Kier alpha value is -3.08. The standard InChI is InChI=1S/C22H23N3O5S2/c1-4-23-32(28,29)20-10-6-8-17(12-20)21(27)30-13-18-14-31-22(24-18)25(16(3)26)19-9-5-7-15(2)11-19/h5-12,14,23H,4,13H2,1-3H3. The molecule has 0 aliphatic carbocycles. The van der Waals surface area contributed by atoms with Gasteiger partial charge in [-0.2, -0.15) is 0 Å². The van der Waals surface area contributed by atoms with Gasteiger partial charge in [-0.15, -0.1) is 11.3 Å². The second kappa shape index (κ2) is 10.0. The fourth-order valence-electron chi connectivity index (χ4n) is 2.95. The summed E-state index contributed by atoms with van der Waals surface area (Å²) in [5, 5.41) is 2.17. The molecule has 2 aromatic carbocycles. The van der Waals surface area contributed by atoms with Crippen molar-refractivity contribution in [2.24, 2.45) is 0 Å². The molecule has 0 unspecified atom stereocenters. The molecule has 0 saturated carbocycles. The Kier molecular flexibility index (Phi) is 7.39. The lowest BCUT2D eigenvalue weighted by Gasteiger charge is -2.18. The normalized spacial score (nSPS) is 11.2. The van der Waals surface area contributed by atoms with E-state index in [1.807, 2.05) is 31.2 Å². The number of hydrogen-bond donors (Lipinski definition) is 1. The molecule has 0 saturated heterocycles. The van der Waals surface area contributed by atoms with Gasteiger partial charge in [0.2, 0.25) is 15.9 Å². The Bertz CT molecular complexity index is 1240. The van der Waals surface area contributed by atoms with E-state index in [1.54, 1.807) is 12.3 Å². The van der Waals surface area contributed by atoms with E-state index in [9.17, 15) is 18.0 Å². The average Bonchev–Trinajstić information content (AvgIpc) is 3.20. The first-order chi connectivity index (χ1) is 15.2. The number of ether oxygens (including phenoxy) is 1. The third-order valence-corrected chi connectivity index (χ3v) is 6.79. The van der Waals surface area contributed by atoms with Crippen molar-refractivity contribution in [2.75, 3.05) is 11.4 Å². The van der Waals surface area contributed by atoms with Gasteiger partial charge in [0.05, 0.1) is 21.8 Å². The van der Waals surface area contributed by atoms with E-state index >= 15 is 0 Å². The van der Waals surface area contributed by atoms with Crippen molar-refractivity contribution in [1.29, 1.82) is 0 Å². The second-order valence-electron chi connectivity index (χ2n) is 6.92. The zero-order valence-corrected chi connectivity index (χ0v) is 19.5. The fourth-order valence-corrected chi connectivity index (χ4v) is 4.90. The Morgan fingerprint density at radius 2 is 1.91 bits per heavy atom. The maximum atomic E-state index is 12.4. The summed E-state index contributed by atoms with van der Waals surface area (Å²) in [5.74, 6) is -0.859. The van der Waals surface area contributed by atoms with E-state index in [0.717, 1.165) is 5.56 Å². The molecule has 0 aliphatic rings. The third-order valence-electron chi connectivity index (χ3n) is 4.37. The average molecular weight is 474 g/mol. The van der Waals surface area contributed by atoms with Gasteiger partial charge >= 0.3 is 5.97 Å². The monoisotopic (exact) mass is 473 g/mol. The summed E-state index contributed by atoms with van der Waals surface area (Å²) < 4.78 is 32.0. The summed E-state index contributed by atoms with van der Waals surface area (Å²) in [6.07, 6.45) is 0. The Balaban J connectivity index is 1.72. The first-order valence-corrected chi connectivity index (χ1v) is 12.2. The minimum absolute atomic E-state index is 0.0139. The molecule has 0 atom stereocenters. The first-order valence-electron chi connectivity index (χ1n) is 9.80. The summed E-state index contributed by atoms with van der Waals surface area (Å²) in [6, 6.07) is 13.1. The minimum atomic E-state index is -3.68. The van der Waals surface area contributed by atoms with Gasteiger partial charge in [-0.25, -0.2) is 22.9 Å². The number of esters is 1. The lowest BCUT2D eigenvalue weighted by Crippen LogP contribution is -2.23. The van der Waals surface area contributed by atoms with Crippen LogP contribution >= 0.6 is 11.3 Å². The smallest absolute Gasteiger partial charge is 0.338 e. The van der Waals surface area contributed by atoms with Gasteiger partial charge in [0.25, 0.3) is 0 Å². The van der Waals surface area contributed by atoms with Crippen LogP contribution in [0.5, 0.6) is 0 Å². The molecule has 1 aromatic heterocycles. The highest BCUT2D eigenvalue weighted by Crippen LogP contribution is 2.29. The van der Waals surface area contributed by atoms with E-state index in [0.29, 0.717) is 16.5 Å². The predicted molar refractivity (Wildman–Crippen MR) is 123 cm³/mol. The Morgan fingerprint density at radius 3 is 2.59 bits per heavy atom. The Morgan fingerprint density at radius 1 is 1.16 bits per heavy atom. The number of hydrogen-bond acceptors (Lipinski definition) is 7. The highest BCUT2D eigenvalue weighted by atomic mass is 32.2. The molecule has 0 aliphatic heterocycles. The molecule has 1 N–H and O–H groups in total. The minimum Gasteiger partial charge on any atom is -0.456 e. The van der Waals surface area contributed by atoms with Gasteiger partial charge in [0, 0.05) is 18.8 Å². The van der Waals surface area contributed by atoms with Crippen LogP contribution in [0.4, 0.5) is 10.8 Å². The zero-order valence-electron chi connectivity index (χ0n) is 17.9. The van der Waals surface area contributed by atoms with Crippen LogP contribution in [0.2, 0.25) is 0 Å². The molecular formula is C22H23N3O5S2. The van der Waals surface area contributed by atoms with Crippen molar-refractivity contribution in [3.05, 3.63) is 70.7 Å². The molecule has 1 amide bonds. The van der Waals surface area contributed by atoms with Gasteiger partial charge in [-0.3, -0.25) is 9.69 Å². The summed E-state index contributed by atoms with van der Waals surface area (Å²) in [7, 11) is -3.68. The highest BCUT2D eigenvalue weighted by Gasteiger charge is 2.19. The van der Waals surface area contributed by atoms with E-state index in [1.165, 1.54) is 47.4 Å². The van der Waals surface area contributed by atoms with Crippen molar-refractivity contribution in [2.45, 2.75) is 32.3 Å². The molecule has 8 nitrogen and oxygen atoms in total. The predicted octanol–water partition coefficient (Wildman–Crippen LogP) is 3.79. The van der Waals surface area contributed by atoms with Gasteiger partial charge in [-0.1, -0.05) is 25.1 Å². The molecule has 32 heavy (non-hydrogen) atoms. The summed E-state index contributed by atoms with van der Waals surface area (Å²) in [6.45, 7) is 5.19. The molecule has 0 radical (unpaired) electrons. The number of anilines is 2. The van der Waals surface area contributed by atoms with Crippen molar-refractivity contribution >= 4 is 44.1 Å². The number of carbonyl (C=O) groups is 2. The highest BCUT2D eigenvalue weighted by molar-refractivity contribution is 7.89. The SMILES string of the molecule is CCNS(=O)(=O)c1cccc(C(=O)OCc2csc(N(C(C)=O)c3cccc(C)c3)n2)c1. The molecule has 3 rings (SSSR count). The fraction of sp³-hybridized carbons (Fsp3) is 0.227. The lowest BCUT2D eigenvalue weighted by atomic mass is 10.2. The quantitative estimate of drug-likeness (QED) is 0.499. The van der Waals surface area contributed by atoms with Gasteiger partial charge in [0.15, 0.2) is 5.13 Å². The number of benzene rings is 2. The number of rotatable bonds is 8. The van der Waals surface area contributed by atoms with Gasteiger partial charge in [0.1, 0.15) is 6.61 Å². The van der Waals surface area contributed by atoms with Gasteiger partial charge in [-0.05, 0) is 42.8 Å². The second-order valence-corrected chi connectivity index (χ2v) is 9.52. The van der Waals surface area contributed by atoms with E-state index in [-0.39, 0.29) is 29.5 Å². The zero-order chi connectivity index (χ0) is 23.3. The van der Waals surface area contributed by atoms with Crippen LogP contribution in [-0.4, -0.2) is 31.8 Å². The number of amides is 1. The van der Waals surface area contributed by atoms with Crippen LogP contribution < -0.4 is 9.62 Å². The summed E-state index contributed by atoms with van der Waals surface area (Å²) in [5.41, 5.74) is 2.31. The van der Waals surface area contributed by atoms with Crippen LogP contribution in [0.1, 0.15) is 35.5 Å². The van der Waals surface area contributed by atoms with Crippen LogP contribution in [0.25, 0.3) is 0 Å². The van der Waals surface area contributed by atoms with Gasteiger partial charge < -0.3 is 4.74 Å². The van der Waals surface area contributed by atoms with Crippen molar-refractivity contribution in [3.8, 4) is 0 Å². The number of thiazole rings is 1. The Labute approximate surface area is 190 Å². The third kappa shape index (κ3) is 5.58. The number of sulfonamides is 1. The maximum Gasteiger partial charge on any atom is 0.338 e. The van der Waals surface area contributed by atoms with E-state index in [2.05, 4.69) is 9.71 Å². The molecule has 10 heteroatoms. The van der Waals surface area contributed by atoms with Crippen molar-refractivity contribution in [3.63, 3.8) is 0 Å². The summed E-state index contributed by atoms with van der Waals surface area (Å²) >= 11 is 1.26. The maximum absolute atomic E-state index is 12.4. The topological polar surface area (TPSA) is 106 Å². The molecule has 0 fully saturated rings. The number of nitrogens with zero attached hydrogens (tertiary/aromatic N) is 2. The van der Waals surface area contributed by atoms with Crippen LogP contribution in [0, 0.1) is 6.92 Å². The van der Waals surface area contributed by atoms with E-state index in [4.69, 9.17) is 4.74 Å². The molecule has 0 spiro atoms. The molecular weight excluding hydrogens is 450 g/mol. The van der Waals surface area contributed by atoms with Crippen LogP contribution in [0.3, 0.4) is 0 Å². The molecule has 0 bridgehead atoms. The largest absolute Gasteiger partial charge is 0.456 e. The molecule has 168 valence electrons. The van der Waals surface area contributed by atoms with Crippen molar-refractivity contribution in [1.82, 2.24) is 9.71 Å². The van der Waals surface area contributed by atoms with Crippen molar-refractivity contribution < 1.29 is 22.7 Å². The van der Waals surface area contributed by atoms with Crippen LogP contribution in [-0.2, 0) is 26.2 Å². The number of aryl methyl sites for hydroxylation is 1. The first kappa shape index (κ1) is 23.6. The number of aromatic nitrogens is 1. The number of carbonyl (C=O) groups excluding carboxylic acids is 2. The molecule has 1 heterocycles. The summed E-state index contributed by atoms with van der Waals surface area (Å²) in [4.78, 5) is 30.6. The molecule has 3 aromatic rings.